The lowest BCUT2D eigenvalue weighted by Crippen LogP contribution is -1.97. The van der Waals surface area contributed by atoms with Gasteiger partial charge in [-0.2, -0.15) is 0 Å². The molecule has 2 rings (SSSR count). The molecule has 0 fully saturated rings. The molecular weight excluding hydrogens is 423 g/mol. The smallest absolute Gasteiger partial charge is 0.142 e. The van der Waals surface area contributed by atoms with Gasteiger partial charge in [0.05, 0.1) is 9.90 Å². The average Bonchev–Trinajstić information content (AvgIpc) is 2.73. The van der Waals surface area contributed by atoms with Gasteiger partial charge in [-0.05, 0) is 39.5 Å². The second-order valence-electron chi connectivity index (χ2n) is 3.49. The number of benzene rings is 1. The number of thiophene rings is 1. The van der Waals surface area contributed by atoms with E-state index in [1.165, 1.54) is 0 Å². The zero-order chi connectivity index (χ0) is 13.1. The Hall–Kier alpha value is 0.260. The molecule has 0 spiro atoms. The molecule has 0 aliphatic carbocycles. The van der Waals surface area contributed by atoms with Crippen molar-refractivity contribution in [1.29, 1.82) is 0 Å². The highest BCUT2D eigenvalue weighted by Gasteiger charge is 2.11. The molecule has 0 atom stereocenters. The molecule has 1 aromatic heterocycles. The summed E-state index contributed by atoms with van der Waals surface area (Å²) >= 11 is 20.6. The van der Waals surface area contributed by atoms with E-state index in [0.29, 0.717) is 27.7 Å². The van der Waals surface area contributed by atoms with Crippen LogP contribution >= 0.6 is 66.4 Å². The largest absolute Gasteiger partial charge is 0.486 e. The van der Waals surface area contributed by atoms with Crippen LogP contribution in [0.2, 0.25) is 10.0 Å². The predicted molar refractivity (Wildman–Crippen MR) is 85.4 cm³/mol. The van der Waals surface area contributed by atoms with Gasteiger partial charge in [0.2, 0.25) is 0 Å². The maximum atomic E-state index is 6.15. The zero-order valence-electron chi connectivity index (χ0n) is 9.05. The standard InChI is InChI=1S/C12H8Br2Cl2OS/c13-5-7-3-8(15)4-10(16)12(7)17-6-11-9(14)1-2-18-11/h1-4H,5-6H2. The number of rotatable bonds is 4. The summed E-state index contributed by atoms with van der Waals surface area (Å²) in [7, 11) is 0. The molecule has 0 bridgehead atoms. The Morgan fingerprint density at radius 2 is 2.06 bits per heavy atom. The van der Waals surface area contributed by atoms with Crippen LogP contribution in [0.25, 0.3) is 0 Å². The minimum atomic E-state index is 0.486. The van der Waals surface area contributed by atoms with Gasteiger partial charge >= 0.3 is 0 Å². The Morgan fingerprint density at radius 1 is 1.28 bits per heavy atom. The van der Waals surface area contributed by atoms with E-state index >= 15 is 0 Å². The summed E-state index contributed by atoms with van der Waals surface area (Å²) in [5.74, 6) is 0.679. The number of hydrogen-bond acceptors (Lipinski definition) is 2. The van der Waals surface area contributed by atoms with Crippen LogP contribution in [0, 0.1) is 0 Å². The van der Waals surface area contributed by atoms with Gasteiger partial charge in [-0.3, -0.25) is 0 Å². The van der Waals surface area contributed by atoms with Crippen LogP contribution in [0.3, 0.4) is 0 Å². The van der Waals surface area contributed by atoms with Crippen molar-refractivity contribution in [3.63, 3.8) is 0 Å². The molecular formula is C12H8Br2Cl2OS. The van der Waals surface area contributed by atoms with Crippen LogP contribution in [0.15, 0.2) is 28.1 Å². The van der Waals surface area contributed by atoms with Gasteiger partial charge in [-0.1, -0.05) is 39.1 Å². The van der Waals surface area contributed by atoms with Gasteiger partial charge in [0.15, 0.2) is 0 Å². The SMILES string of the molecule is Clc1cc(Cl)c(OCc2sccc2Br)c(CBr)c1. The van der Waals surface area contributed by atoms with Crippen molar-refractivity contribution in [3.8, 4) is 5.75 Å². The number of alkyl halides is 1. The van der Waals surface area contributed by atoms with Crippen molar-refractivity contribution >= 4 is 66.4 Å². The molecule has 18 heavy (non-hydrogen) atoms. The van der Waals surface area contributed by atoms with Crippen LogP contribution < -0.4 is 4.74 Å². The first-order valence-electron chi connectivity index (χ1n) is 5.00. The molecule has 0 aliphatic rings. The zero-order valence-corrected chi connectivity index (χ0v) is 14.6. The second-order valence-corrected chi connectivity index (χ2v) is 6.75. The van der Waals surface area contributed by atoms with E-state index in [-0.39, 0.29) is 0 Å². The van der Waals surface area contributed by atoms with Gasteiger partial charge in [0, 0.05) is 20.4 Å². The Bertz CT molecular complexity index is 557. The van der Waals surface area contributed by atoms with E-state index in [1.54, 1.807) is 17.4 Å². The monoisotopic (exact) mass is 428 g/mol. The van der Waals surface area contributed by atoms with E-state index in [2.05, 4.69) is 31.9 Å². The summed E-state index contributed by atoms with van der Waals surface area (Å²) in [5, 5.41) is 3.80. The van der Waals surface area contributed by atoms with E-state index in [1.807, 2.05) is 17.5 Å². The fourth-order valence-corrected chi connectivity index (χ4v) is 3.82. The highest BCUT2D eigenvalue weighted by atomic mass is 79.9. The molecule has 0 unspecified atom stereocenters. The summed E-state index contributed by atoms with van der Waals surface area (Å²) in [5.41, 5.74) is 0.945. The van der Waals surface area contributed by atoms with Gasteiger partial charge in [0.25, 0.3) is 0 Å². The maximum Gasteiger partial charge on any atom is 0.142 e. The lowest BCUT2D eigenvalue weighted by Gasteiger charge is -2.12. The summed E-state index contributed by atoms with van der Waals surface area (Å²) in [6, 6.07) is 5.54. The van der Waals surface area contributed by atoms with Crippen molar-refractivity contribution in [1.82, 2.24) is 0 Å². The van der Waals surface area contributed by atoms with Crippen LogP contribution in [0.1, 0.15) is 10.4 Å². The first kappa shape index (κ1) is 14.7. The maximum absolute atomic E-state index is 6.15. The Morgan fingerprint density at radius 3 is 2.67 bits per heavy atom. The van der Waals surface area contributed by atoms with Gasteiger partial charge in [-0.15, -0.1) is 11.3 Å². The average molecular weight is 431 g/mol. The Kier molecular flexibility index (Phi) is 5.39. The van der Waals surface area contributed by atoms with Crippen molar-refractivity contribution in [2.75, 3.05) is 0 Å². The minimum absolute atomic E-state index is 0.486. The topological polar surface area (TPSA) is 9.23 Å². The van der Waals surface area contributed by atoms with Crippen molar-refractivity contribution < 1.29 is 4.74 Å². The fraction of sp³-hybridized carbons (Fsp3) is 0.167. The van der Waals surface area contributed by atoms with Crippen molar-refractivity contribution in [2.45, 2.75) is 11.9 Å². The van der Waals surface area contributed by atoms with E-state index in [4.69, 9.17) is 27.9 Å². The Labute approximate surface area is 136 Å². The Balaban J connectivity index is 2.21. The molecule has 1 heterocycles. The third-order valence-electron chi connectivity index (χ3n) is 2.27. The van der Waals surface area contributed by atoms with E-state index in [0.717, 1.165) is 14.9 Å². The second kappa shape index (κ2) is 6.62. The van der Waals surface area contributed by atoms with Crippen LogP contribution in [-0.4, -0.2) is 0 Å². The number of hydrogen-bond donors (Lipinski definition) is 0. The van der Waals surface area contributed by atoms with Gasteiger partial charge in [-0.25, -0.2) is 0 Å². The van der Waals surface area contributed by atoms with Crippen molar-refractivity contribution in [2.24, 2.45) is 0 Å². The van der Waals surface area contributed by atoms with Gasteiger partial charge in [0.1, 0.15) is 12.4 Å². The normalized spacial score (nSPS) is 10.7. The van der Waals surface area contributed by atoms with E-state index < -0.39 is 0 Å². The fourth-order valence-electron chi connectivity index (χ4n) is 1.44. The van der Waals surface area contributed by atoms with Crippen LogP contribution in [0.4, 0.5) is 0 Å². The first-order chi connectivity index (χ1) is 8.61. The highest BCUT2D eigenvalue weighted by molar-refractivity contribution is 9.10. The quantitative estimate of drug-likeness (QED) is 0.518. The summed E-state index contributed by atoms with van der Waals surface area (Å²) < 4.78 is 6.85. The molecule has 0 saturated heterocycles. The van der Waals surface area contributed by atoms with Gasteiger partial charge < -0.3 is 4.74 Å². The third kappa shape index (κ3) is 3.42. The molecule has 1 aromatic carbocycles. The molecule has 1 nitrogen and oxygen atoms in total. The molecule has 2 aromatic rings. The molecule has 0 N–H and O–H groups in total. The molecule has 6 heteroatoms. The van der Waals surface area contributed by atoms with Crippen LogP contribution in [0.5, 0.6) is 5.75 Å². The minimum Gasteiger partial charge on any atom is -0.486 e. The molecule has 0 amide bonds. The molecule has 0 saturated carbocycles. The molecule has 96 valence electrons. The van der Waals surface area contributed by atoms with E-state index in [9.17, 15) is 0 Å². The summed E-state index contributed by atoms with van der Waals surface area (Å²) in [4.78, 5) is 1.13. The highest BCUT2D eigenvalue weighted by Crippen LogP contribution is 2.35. The number of ether oxygens (including phenoxy) is 1. The molecule has 0 aliphatic heterocycles. The van der Waals surface area contributed by atoms with Crippen LogP contribution in [-0.2, 0) is 11.9 Å². The summed E-state index contributed by atoms with van der Waals surface area (Å²) in [6.45, 7) is 0.486. The third-order valence-corrected chi connectivity index (χ3v) is 5.27. The number of halogens is 4. The predicted octanol–water partition coefficient (Wildman–Crippen LogP) is 6.29. The van der Waals surface area contributed by atoms with Crippen molar-refractivity contribution in [3.05, 3.63) is 48.5 Å². The summed E-state index contributed by atoms with van der Waals surface area (Å²) in [6.07, 6.45) is 0. The first-order valence-corrected chi connectivity index (χ1v) is 8.55. The lowest BCUT2D eigenvalue weighted by molar-refractivity contribution is 0.307. The molecule has 0 radical (unpaired) electrons. The lowest BCUT2D eigenvalue weighted by atomic mass is 10.2.